The first-order valence-electron chi connectivity index (χ1n) is 5.86. The van der Waals surface area contributed by atoms with Crippen molar-refractivity contribution in [2.45, 2.75) is 13.8 Å². The van der Waals surface area contributed by atoms with Crippen molar-refractivity contribution in [2.75, 3.05) is 31.1 Å². The van der Waals surface area contributed by atoms with Crippen molar-refractivity contribution < 1.29 is 4.79 Å². The molecule has 0 fully saturated rings. The van der Waals surface area contributed by atoms with E-state index in [0.717, 1.165) is 38.5 Å². The molecular weight excluding hydrogens is 398 g/mol. The standard InChI is InChI=1S/C12H17Br2NOS2/c1-3-15(4-2)5-6-17-8-10(16)9-7-11(13)18-12(9)14/h7H,3-6,8H2,1-2H3. The number of ketones is 1. The molecule has 6 heteroatoms. The van der Waals surface area contributed by atoms with E-state index in [1.807, 2.05) is 6.07 Å². The van der Waals surface area contributed by atoms with Crippen molar-refractivity contribution in [1.29, 1.82) is 0 Å². The molecule has 1 rings (SSSR count). The van der Waals surface area contributed by atoms with Crippen molar-refractivity contribution in [1.82, 2.24) is 4.90 Å². The van der Waals surface area contributed by atoms with Gasteiger partial charge in [0.25, 0.3) is 0 Å². The summed E-state index contributed by atoms with van der Waals surface area (Å²) in [5.41, 5.74) is 0.794. The Morgan fingerprint density at radius 2 is 2.06 bits per heavy atom. The van der Waals surface area contributed by atoms with Crippen LogP contribution in [0, 0.1) is 0 Å². The second kappa shape index (κ2) is 8.74. The number of thiophene rings is 1. The van der Waals surface area contributed by atoms with Gasteiger partial charge in [-0.25, -0.2) is 0 Å². The molecule has 0 unspecified atom stereocenters. The summed E-state index contributed by atoms with van der Waals surface area (Å²) in [6.45, 7) is 7.54. The van der Waals surface area contributed by atoms with Crippen LogP contribution in [0.25, 0.3) is 0 Å². The zero-order valence-corrected chi connectivity index (χ0v) is 15.3. The van der Waals surface area contributed by atoms with Crippen LogP contribution in [-0.4, -0.2) is 41.8 Å². The van der Waals surface area contributed by atoms with Crippen LogP contribution in [0.3, 0.4) is 0 Å². The molecule has 0 N–H and O–H groups in total. The predicted molar refractivity (Wildman–Crippen MR) is 89.2 cm³/mol. The third-order valence-corrected chi connectivity index (χ3v) is 5.91. The number of halogens is 2. The number of nitrogens with zero attached hydrogens (tertiary/aromatic N) is 1. The highest BCUT2D eigenvalue weighted by atomic mass is 79.9. The van der Waals surface area contributed by atoms with E-state index in [4.69, 9.17) is 0 Å². The van der Waals surface area contributed by atoms with Crippen LogP contribution in [0.15, 0.2) is 13.6 Å². The van der Waals surface area contributed by atoms with Crippen molar-refractivity contribution in [3.05, 3.63) is 19.2 Å². The fourth-order valence-corrected chi connectivity index (χ4v) is 5.23. The number of hydrogen-bond acceptors (Lipinski definition) is 4. The summed E-state index contributed by atoms with van der Waals surface area (Å²) in [6.07, 6.45) is 0. The lowest BCUT2D eigenvalue weighted by Crippen LogP contribution is -2.25. The second-order valence-corrected chi connectivity index (χ2v) is 8.60. The number of carbonyl (C=O) groups is 1. The Balaban J connectivity index is 2.32. The molecule has 0 saturated carbocycles. The van der Waals surface area contributed by atoms with Gasteiger partial charge >= 0.3 is 0 Å². The van der Waals surface area contributed by atoms with Gasteiger partial charge in [0, 0.05) is 17.9 Å². The summed E-state index contributed by atoms with van der Waals surface area (Å²) in [5.74, 6) is 1.77. The van der Waals surface area contributed by atoms with Crippen molar-refractivity contribution in [3.8, 4) is 0 Å². The summed E-state index contributed by atoms with van der Waals surface area (Å²) in [4.78, 5) is 14.4. The van der Waals surface area contributed by atoms with Gasteiger partial charge in [-0.3, -0.25) is 4.79 Å². The molecule has 1 aromatic heterocycles. The molecule has 0 spiro atoms. The molecule has 0 bridgehead atoms. The molecule has 1 heterocycles. The number of rotatable bonds is 8. The number of carbonyl (C=O) groups excluding carboxylic acids is 1. The Labute approximate surface area is 134 Å². The van der Waals surface area contributed by atoms with Gasteiger partial charge in [-0.15, -0.1) is 11.3 Å². The maximum absolute atomic E-state index is 12.0. The van der Waals surface area contributed by atoms with Crippen molar-refractivity contribution in [2.24, 2.45) is 0 Å². The van der Waals surface area contributed by atoms with Crippen LogP contribution in [-0.2, 0) is 0 Å². The second-order valence-electron chi connectivity index (χ2n) is 3.74. The van der Waals surface area contributed by atoms with E-state index in [1.54, 1.807) is 23.1 Å². The molecule has 0 saturated heterocycles. The van der Waals surface area contributed by atoms with Crippen LogP contribution in [0.5, 0.6) is 0 Å². The maximum Gasteiger partial charge on any atom is 0.174 e. The Kier molecular flexibility index (Phi) is 8.11. The lowest BCUT2D eigenvalue weighted by atomic mass is 10.2. The average Bonchev–Trinajstić information content (AvgIpc) is 2.68. The van der Waals surface area contributed by atoms with E-state index in [-0.39, 0.29) is 5.78 Å². The Morgan fingerprint density at radius 3 is 2.56 bits per heavy atom. The van der Waals surface area contributed by atoms with Crippen LogP contribution in [0.4, 0.5) is 0 Å². The van der Waals surface area contributed by atoms with E-state index in [1.165, 1.54) is 0 Å². The number of thioether (sulfide) groups is 1. The molecule has 0 radical (unpaired) electrons. The van der Waals surface area contributed by atoms with E-state index in [2.05, 4.69) is 50.6 Å². The minimum atomic E-state index is 0.202. The quantitative estimate of drug-likeness (QED) is 0.460. The van der Waals surface area contributed by atoms with Gasteiger partial charge in [0.2, 0.25) is 0 Å². The third-order valence-electron chi connectivity index (χ3n) is 2.64. The van der Waals surface area contributed by atoms with Crippen LogP contribution in [0.2, 0.25) is 0 Å². The van der Waals surface area contributed by atoms with E-state index in [0.29, 0.717) is 5.75 Å². The Bertz CT molecular complexity index is 391. The summed E-state index contributed by atoms with van der Waals surface area (Å²) in [7, 11) is 0. The van der Waals surface area contributed by atoms with E-state index >= 15 is 0 Å². The Morgan fingerprint density at radius 1 is 1.39 bits per heavy atom. The maximum atomic E-state index is 12.0. The van der Waals surface area contributed by atoms with E-state index in [9.17, 15) is 4.79 Å². The van der Waals surface area contributed by atoms with Crippen LogP contribution < -0.4 is 0 Å². The van der Waals surface area contributed by atoms with Gasteiger partial charge in [0.15, 0.2) is 5.78 Å². The Hall–Kier alpha value is 0.640. The van der Waals surface area contributed by atoms with Gasteiger partial charge in [-0.05, 0) is 51.0 Å². The highest BCUT2D eigenvalue weighted by Gasteiger charge is 2.13. The monoisotopic (exact) mass is 413 g/mol. The molecule has 18 heavy (non-hydrogen) atoms. The fraction of sp³-hybridized carbons (Fsp3) is 0.583. The average molecular weight is 415 g/mol. The third kappa shape index (κ3) is 5.33. The highest BCUT2D eigenvalue weighted by Crippen LogP contribution is 2.32. The molecule has 0 aliphatic heterocycles. The molecule has 0 aromatic carbocycles. The molecular formula is C12H17Br2NOS2. The van der Waals surface area contributed by atoms with Crippen LogP contribution >= 0.6 is 55.0 Å². The molecule has 0 aliphatic rings. The van der Waals surface area contributed by atoms with Gasteiger partial charge in [0.1, 0.15) is 0 Å². The minimum Gasteiger partial charge on any atom is -0.303 e. The molecule has 0 aliphatic carbocycles. The first-order chi connectivity index (χ1) is 8.58. The lowest BCUT2D eigenvalue weighted by Gasteiger charge is -2.17. The predicted octanol–water partition coefficient (Wildman–Crippen LogP) is 4.53. The molecule has 2 nitrogen and oxygen atoms in total. The summed E-state index contributed by atoms with van der Waals surface area (Å²) in [6, 6.07) is 1.89. The molecule has 1 aromatic rings. The molecule has 0 atom stereocenters. The van der Waals surface area contributed by atoms with Gasteiger partial charge in [-0.2, -0.15) is 11.8 Å². The zero-order chi connectivity index (χ0) is 13.5. The van der Waals surface area contributed by atoms with Crippen molar-refractivity contribution in [3.63, 3.8) is 0 Å². The highest BCUT2D eigenvalue weighted by molar-refractivity contribution is 9.12. The van der Waals surface area contributed by atoms with E-state index < -0.39 is 0 Å². The van der Waals surface area contributed by atoms with Gasteiger partial charge in [0.05, 0.1) is 13.3 Å². The number of Topliss-reactive ketones (excluding diaryl/α,β-unsaturated/α-hetero) is 1. The normalized spacial score (nSPS) is 11.2. The first kappa shape index (κ1) is 16.7. The zero-order valence-electron chi connectivity index (χ0n) is 10.5. The molecule has 0 amide bonds. The smallest absolute Gasteiger partial charge is 0.174 e. The fourth-order valence-electron chi connectivity index (χ4n) is 1.51. The first-order valence-corrected chi connectivity index (χ1v) is 9.42. The van der Waals surface area contributed by atoms with Gasteiger partial charge < -0.3 is 4.90 Å². The van der Waals surface area contributed by atoms with Crippen molar-refractivity contribution >= 4 is 60.7 Å². The minimum absolute atomic E-state index is 0.202. The largest absolute Gasteiger partial charge is 0.303 e. The summed E-state index contributed by atoms with van der Waals surface area (Å²) >= 11 is 10.1. The van der Waals surface area contributed by atoms with Gasteiger partial charge in [-0.1, -0.05) is 13.8 Å². The number of hydrogen-bond donors (Lipinski definition) is 0. The SMILES string of the molecule is CCN(CC)CCSCC(=O)c1cc(Br)sc1Br. The topological polar surface area (TPSA) is 20.3 Å². The summed E-state index contributed by atoms with van der Waals surface area (Å²) in [5, 5.41) is 0. The lowest BCUT2D eigenvalue weighted by molar-refractivity contribution is 0.102. The molecule has 102 valence electrons. The van der Waals surface area contributed by atoms with Crippen LogP contribution in [0.1, 0.15) is 24.2 Å². The summed E-state index contributed by atoms with van der Waals surface area (Å²) < 4.78 is 1.91.